The molecule has 0 saturated carbocycles. The van der Waals surface area contributed by atoms with Crippen LogP contribution in [0.1, 0.15) is 11.4 Å². The van der Waals surface area contributed by atoms with Crippen molar-refractivity contribution in [2.75, 3.05) is 0 Å². The van der Waals surface area contributed by atoms with Crippen LogP contribution in [0.25, 0.3) is 21.8 Å². The second-order valence-corrected chi connectivity index (χ2v) is 22.0. The van der Waals surface area contributed by atoms with Crippen LogP contribution in [0.15, 0.2) is 218 Å². The quantitative estimate of drug-likeness (QED) is 0.0842. The Labute approximate surface area is 319 Å². The zero-order valence-electron chi connectivity index (χ0n) is 30.1. The summed E-state index contributed by atoms with van der Waals surface area (Å²) in [6, 6.07) is 81.7. The van der Waals surface area contributed by atoms with Gasteiger partial charge in [0.2, 0.25) is 0 Å². The lowest BCUT2D eigenvalue weighted by molar-refractivity contribution is 1.17. The molecule has 0 bridgehead atoms. The third kappa shape index (κ3) is 6.09. The first-order valence-electron chi connectivity index (χ1n) is 18.8. The number of hydrogen-bond donors (Lipinski definition) is 0. The number of hydrogen-bond acceptors (Lipinski definition) is 2. The molecule has 2 nitrogen and oxygen atoms in total. The number of fused-ring (bicyclic) bond motifs is 3. The summed E-state index contributed by atoms with van der Waals surface area (Å²) in [7, 11) is -5.10. The predicted molar refractivity (Wildman–Crippen MR) is 232 cm³/mol. The van der Waals surface area contributed by atoms with E-state index in [1.165, 1.54) is 31.1 Å². The second-order valence-electron chi connectivity index (χ2n) is 14.2. The second kappa shape index (κ2) is 14.7. The molecule has 0 aliphatic heterocycles. The third-order valence-corrected chi connectivity index (χ3v) is 20.8. The first-order chi connectivity index (χ1) is 26.7. The van der Waals surface area contributed by atoms with Crippen molar-refractivity contribution in [1.82, 2.24) is 9.97 Å². The summed E-state index contributed by atoms with van der Waals surface area (Å²) in [6.45, 7) is 0. The molecule has 0 unspecified atom stereocenters. The Morgan fingerprint density at radius 3 is 0.722 bits per heavy atom. The van der Waals surface area contributed by atoms with Crippen molar-refractivity contribution in [3.63, 3.8) is 0 Å². The van der Waals surface area contributed by atoms with Gasteiger partial charge in [-0.3, -0.25) is 9.97 Å². The maximum atomic E-state index is 5.56. The monoisotopic (exact) mass is 724 g/mol. The molecule has 7 aromatic carbocycles. The van der Waals surface area contributed by atoms with Crippen molar-refractivity contribution < 1.29 is 0 Å². The Morgan fingerprint density at radius 1 is 0.259 bits per heavy atom. The Morgan fingerprint density at radius 2 is 0.481 bits per heavy atom. The van der Waals surface area contributed by atoms with E-state index in [-0.39, 0.29) is 0 Å². The summed E-state index contributed by atoms with van der Waals surface area (Å²) in [5, 5.41) is 10.5. The van der Waals surface area contributed by atoms with Gasteiger partial charge in [-0.25, -0.2) is 0 Å². The molecule has 0 spiro atoms. The number of pyridine rings is 2. The molecule has 4 heteroatoms. The van der Waals surface area contributed by atoms with Crippen LogP contribution < -0.4 is 31.1 Å². The van der Waals surface area contributed by atoms with Crippen LogP contribution in [0.5, 0.6) is 0 Å². The largest absolute Gasteiger partial charge is 0.251 e. The zero-order chi connectivity index (χ0) is 36.2. The van der Waals surface area contributed by atoms with Gasteiger partial charge in [0.1, 0.15) is 0 Å². The van der Waals surface area contributed by atoms with Gasteiger partial charge >= 0.3 is 0 Å². The molecule has 54 heavy (non-hydrogen) atoms. The van der Waals surface area contributed by atoms with E-state index in [0.717, 1.165) is 45.3 Å². The van der Waals surface area contributed by atoms with E-state index >= 15 is 0 Å². The minimum Gasteiger partial charge on any atom is -0.251 e. The van der Waals surface area contributed by atoms with Gasteiger partial charge in [0.05, 0.1) is 11.0 Å². The van der Waals surface area contributed by atoms with Crippen LogP contribution in [0, 0.1) is 0 Å². The number of nitrogens with zero attached hydrogens (tertiary/aromatic N) is 2. The maximum Gasteiger partial charge on any atom is 0.154 e. The van der Waals surface area contributed by atoms with Crippen LogP contribution in [-0.4, -0.2) is 26.1 Å². The molecule has 9 rings (SSSR count). The third-order valence-electron chi connectivity index (χ3n) is 11.1. The molecule has 2 aromatic heterocycles. The van der Waals surface area contributed by atoms with Crippen molar-refractivity contribution >= 4 is 69.1 Å². The highest BCUT2D eigenvalue weighted by molar-refractivity contribution is 7.11. The lowest BCUT2D eigenvalue weighted by Crippen LogP contribution is -2.69. The van der Waals surface area contributed by atoms with E-state index in [2.05, 4.69) is 218 Å². The SMILES string of the molecule is c1ccc([Si](Cc2ccc3ccc4ccc(C[Si](c5ccccc5)(c5ccccc5)c5ccccc5)nc4c3n2)(c2ccccc2)c2ccccc2)cc1. The van der Waals surface area contributed by atoms with E-state index in [9.17, 15) is 0 Å². The molecule has 2 heterocycles. The first kappa shape index (κ1) is 33.6. The molecule has 0 aliphatic carbocycles. The van der Waals surface area contributed by atoms with Crippen LogP contribution in [0.2, 0.25) is 0 Å². The molecule has 0 fully saturated rings. The van der Waals surface area contributed by atoms with E-state index in [1.54, 1.807) is 0 Å². The summed E-state index contributed by atoms with van der Waals surface area (Å²) < 4.78 is 0. The normalized spacial score (nSPS) is 11.9. The fourth-order valence-corrected chi connectivity index (χ4v) is 17.8. The highest BCUT2D eigenvalue weighted by Gasteiger charge is 2.41. The summed E-state index contributed by atoms with van der Waals surface area (Å²) in [5.41, 5.74) is 4.12. The van der Waals surface area contributed by atoms with Crippen molar-refractivity contribution in [3.05, 3.63) is 230 Å². The molecule has 9 aromatic rings. The van der Waals surface area contributed by atoms with Gasteiger partial charge in [-0.05, 0) is 55.3 Å². The molecule has 0 amide bonds. The standard InChI is InChI=1S/C50H40N2Si2/c1-7-19-43(20-8-1)53(44-21-9-2-10-22-44,45-23-11-3-12-24-45)37-41-35-33-39-31-32-40-34-36-42(52-50(40)49(39)51-41)38-54(46-25-13-4-14-26-46,47-27-15-5-16-28-47)48-29-17-6-18-30-48/h1-36H,37-38H2. The van der Waals surface area contributed by atoms with E-state index in [0.29, 0.717) is 0 Å². The highest BCUT2D eigenvalue weighted by Crippen LogP contribution is 2.26. The zero-order valence-corrected chi connectivity index (χ0v) is 32.1. The van der Waals surface area contributed by atoms with Gasteiger partial charge in [0, 0.05) is 22.2 Å². The Hall–Kier alpha value is -6.21. The van der Waals surface area contributed by atoms with Crippen molar-refractivity contribution in [2.45, 2.75) is 12.1 Å². The molecule has 0 N–H and O–H groups in total. The van der Waals surface area contributed by atoms with Crippen LogP contribution in [0.3, 0.4) is 0 Å². The number of rotatable bonds is 10. The Kier molecular flexibility index (Phi) is 9.13. The lowest BCUT2D eigenvalue weighted by Gasteiger charge is -2.34. The van der Waals surface area contributed by atoms with Gasteiger partial charge in [-0.1, -0.05) is 206 Å². The topological polar surface area (TPSA) is 25.8 Å². The number of benzene rings is 7. The predicted octanol–water partition coefficient (Wildman–Crippen LogP) is 7.29. The number of aromatic nitrogens is 2. The molecule has 0 aliphatic rings. The molecule has 258 valence electrons. The maximum absolute atomic E-state index is 5.56. The molecule has 0 saturated heterocycles. The van der Waals surface area contributed by atoms with Crippen molar-refractivity contribution in [3.8, 4) is 0 Å². The fourth-order valence-electron chi connectivity index (χ4n) is 8.54. The minimum atomic E-state index is -2.55. The average molecular weight is 725 g/mol. The first-order valence-corrected chi connectivity index (χ1v) is 23.2. The van der Waals surface area contributed by atoms with Gasteiger partial charge in [-0.15, -0.1) is 0 Å². The Bertz CT molecular complexity index is 2260. The summed E-state index contributed by atoms with van der Waals surface area (Å²) in [5.74, 6) is 0. The van der Waals surface area contributed by atoms with E-state index in [4.69, 9.17) is 9.97 Å². The average Bonchev–Trinajstić information content (AvgIpc) is 3.26. The summed E-state index contributed by atoms with van der Waals surface area (Å²) in [6.07, 6.45) is 0. The molecule has 0 atom stereocenters. The fraction of sp³-hybridized carbons (Fsp3) is 0.0400. The van der Waals surface area contributed by atoms with Crippen LogP contribution in [0.4, 0.5) is 0 Å². The van der Waals surface area contributed by atoms with Gasteiger partial charge in [0.25, 0.3) is 0 Å². The van der Waals surface area contributed by atoms with Gasteiger partial charge in [0.15, 0.2) is 16.1 Å². The smallest absolute Gasteiger partial charge is 0.154 e. The van der Waals surface area contributed by atoms with E-state index in [1.807, 2.05) is 0 Å². The van der Waals surface area contributed by atoms with Crippen LogP contribution in [-0.2, 0) is 12.1 Å². The highest BCUT2D eigenvalue weighted by atomic mass is 28.3. The molecule has 0 radical (unpaired) electrons. The van der Waals surface area contributed by atoms with Crippen molar-refractivity contribution in [1.29, 1.82) is 0 Å². The van der Waals surface area contributed by atoms with Gasteiger partial charge < -0.3 is 0 Å². The van der Waals surface area contributed by atoms with Crippen LogP contribution >= 0.6 is 0 Å². The van der Waals surface area contributed by atoms with E-state index < -0.39 is 16.1 Å². The minimum absolute atomic E-state index is 0.836. The lowest BCUT2D eigenvalue weighted by atomic mass is 10.1. The van der Waals surface area contributed by atoms with Gasteiger partial charge in [-0.2, -0.15) is 0 Å². The summed E-state index contributed by atoms with van der Waals surface area (Å²) >= 11 is 0. The summed E-state index contributed by atoms with van der Waals surface area (Å²) in [4.78, 5) is 11.1. The molecular formula is C50H40N2Si2. The Balaban J connectivity index is 1.22. The molecular weight excluding hydrogens is 685 g/mol. The van der Waals surface area contributed by atoms with Crippen molar-refractivity contribution in [2.24, 2.45) is 0 Å².